The summed E-state index contributed by atoms with van der Waals surface area (Å²) in [6, 6.07) is 9.40. The number of nitrogens with one attached hydrogen (secondary N) is 1. The van der Waals surface area contributed by atoms with Gasteiger partial charge in [-0.05, 0) is 30.3 Å². The Labute approximate surface area is 144 Å². The molecule has 8 nitrogen and oxygen atoms in total. The highest BCUT2D eigenvalue weighted by atomic mass is 79.9. The Morgan fingerprint density at radius 1 is 1.25 bits per heavy atom. The van der Waals surface area contributed by atoms with Crippen LogP contribution in [0.4, 0.5) is 5.69 Å². The van der Waals surface area contributed by atoms with Crippen LogP contribution in [0, 0.1) is 10.1 Å². The number of halogens is 1. The molecule has 0 aromatic heterocycles. The van der Waals surface area contributed by atoms with Crippen LogP contribution in [0.25, 0.3) is 0 Å². The first kappa shape index (κ1) is 15.9. The standard InChI is InChI=1S/C15H10BrN3O5/c16-11-3-1-9(2-4-11)15(20)18-17-7-10-5-13-14(24-8-23-13)6-12(10)19(21)22/h1-7H,8H2,(H,18,20)/b17-7-. The molecular formula is C15H10BrN3O5. The predicted molar refractivity (Wildman–Crippen MR) is 88.4 cm³/mol. The molecule has 3 rings (SSSR count). The minimum Gasteiger partial charge on any atom is -0.454 e. The highest BCUT2D eigenvalue weighted by Gasteiger charge is 2.22. The van der Waals surface area contributed by atoms with Crippen molar-refractivity contribution in [2.24, 2.45) is 5.10 Å². The number of ether oxygens (including phenoxy) is 2. The van der Waals surface area contributed by atoms with Crippen LogP contribution in [-0.4, -0.2) is 23.8 Å². The van der Waals surface area contributed by atoms with Crippen molar-refractivity contribution in [3.8, 4) is 11.5 Å². The van der Waals surface area contributed by atoms with Gasteiger partial charge in [0.15, 0.2) is 11.5 Å². The van der Waals surface area contributed by atoms with Gasteiger partial charge in [-0.25, -0.2) is 5.43 Å². The molecule has 1 amide bonds. The Balaban J connectivity index is 1.78. The van der Waals surface area contributed by atoms with E-state index in [1.165, 1.54) is 18.3 Å². The highest BCUT2D eigenvalue weighted by Crippen LogP contribution is 2.37. The molecule has 0 radical (unpaired) electrons. The van der Waals surface area contributed by atoms with Gasteiger partial charge in [0.05, 0.1) is 22.8 Å². The fourth-order valence-corrected chi connectivity index (χ4v) is 2.30. The smallest absolute Gasteiger partial charge is 0.282 e. The first-order valence-corrected chi connectivity index (χ1v) is 7.51. The third-order valence-corrected chi connectivity index (χ3v) is 3.72. The number of carbonyl (C=O) groups excluding carboxylic acids is 1. The van der Waals surface area contributed by atoms with Crippen molar-refractivity contribution in [1.29, 1.82) is 0 Å². The summed E-state index contributed by atoms with van der Waals surface area (Å²) in [6.45, 7) is 0.00733. The number of nitrogens with zero attached hydrogens (tertiary/aromatic N) is 2. The fourth-order valence-electron chi connectivity index (χ4n) is 2.03. The number of fused-ring (bicyclic) bond motifs is 1. The van der Waals surface area contributed by atoms with E-state index in [4.69, 9.17) is 9.47 Å². The van der Waals surface area contributed by atoms with Crippen molar-refractivity contribution >= 4 is 33.7 Å². The fraction of sp³-hybridized carbons (Fsp3) is 0.0667. The number of hydrogen-bond acceptors (Lipinski definition) is 6. The van der Waals surface area contributed by atoms with Crippen LogP contribution in [0.5, 0.6) is 11.5 Å². The second-order valence-corrected chi connectivity index (χ2v) is 5.64. The van der Waals surface area contributed by atoms with Gasteiger partial charge in [0, 0.05) is 10.0 Å². The number of rotatable bonds is 4. The zero-order valence-corrected chi connectivity index (χ0v) is 13.6. The van der Waals surface area contributed by atoms with Crippen molar-refractivity contribution in [2.75, 3.05) is 6.79 Å². The van der Waals surface area contributed by atoms with Crippen LogP contribution in [0.1, 0.15) is 15.9 Å². The van der Waals surface area contributed by atoms with Crippen molar-refractivity contribution < 1.29 is 19.2 Å². The second kappa shape index (κ2) is 6.67. The molecule has 122 valence electrons. The molecule has 0 atom stereocenters. The van der Waals surface area contributed by atoms with Gasteiger partial charge in [0.1, 0.15) is 0 Å². The van der Waals surface area contributed by atoms with E-state index in [-0.39, 0.29) is 18.0 Å². The number of nitro benzene ring substituents is 1. The molecule has 1 aliphatic rings. The lowest BCUT2D eigenvalue weighted by molar-refractivity contribution is -0.385. The molecule has 1 N–H and O–H groups in total. The van der Waals surface area contributed by atoms with Crippen LogP contribution in [-0.2, 0) is 0 Å². The number of hydrogen-bond donors (Lipinski definition) is 1. The molecule has 0 fully saturated rings. The average molecular weight is 392 g/mol. The second-order valence-electron chi connectivity index (χ2n) is 4.73. The van der Waals surface area contributed by atoms with Crippen molar-refractivity contribution in [3.63, 3.8) is 0 Å². The lowest BCUT2D eigenvalue weighted by atomic mass is 10.1. The lowest BCUT2D eigenvalue weighted by Crippen LogP contribution is -2.17. The van der Waals surface area contributed by atoms with Crippen LogP contribution in [0.2, 0.25) is 0 Å². The molecule has 0 bridgehead atoms. The van der Waals surface area contributed by atoms with Gasteiger partial charge in [0.25, 0.3) is 11.6 Å². The van der Waals surface area contributed by atoms with Crippen molar-refractivity contribution in [2.45, 2.75) is 0 Å². The molecule has 0 spiro atoms. The first-order valence-electron chi connectivity index (χ1n) is 6.71. The summed E-state index contributed by atoms with van der Waals surface area (Å²) in [7, 11) is 0. The van der Waals surface area contributed by atoms with E-state index in [0.717, 1.165) is 4.47 Å². The number of carbonyl (C=O) groups is 1. The summed E-state index contributed by atoms with van der Waals surface area (Å²) in [5.74, 6) is 0.265. The van der Waals surface area contributed by atoms with Gasteiger partial charge in [-0.3, -0.25) is 14.9 Å². The molecule has 1 heterocycles. The molecule has 1 aliphatic heterocycles. The number of amides is 1. The largest absolute Gasteiger partial charge is 0.454 e. The summed E-state index contributed by atoms with van der Waals surface area (Å²) in [4.78, 5) is 22.5. The van der Waals surface area contributed by atoms with E-state index >= 15 is 0 Å². The molecule has 0 unspecified atom stereocenters. The summed E-state index contributed by atoms with van der Waals surface area (Å²) >= 11 is 3.28. The number of nitro groups is 1. The van der Waals surface area contributed by atoms with E-state index < -0.39 is 10.8 Å². The monoisotopic (exact) mass is 391 g/mol. The predicted octanol–water partition coefficient (Wildman–Crippen LogP) is 2.85. The van der Waals surface area contributed by atoms with Crippen LogP contribution >= 0.6 is 15.9 Å². The molecule has 24 heavy (non-hydrogen) atoms. The molecule has 0 aliphatic carbocycles. The first-order chi connectivity index (χ1) is 11.5. The van der Waals surface area contributed by atoms with E-state index in [1.54, 1.807) is 24.3 Å². The van der Waals surface area contributed by atoms with Crippen LogP contribution in [0.3, 0.4) is 0 Å². The summed E-state index contributed by atoms with van der Waals surface area (Å²) < 4.78 is 11.1. The SMILES string of the molecule is O=C(N/N=C\c1cc2c(cc1[N+](=O)[O-])OCO2)c1ccc(Br)cc1. The quantitative estimate of drug-likeness (QED) is 0.490. The Kier molecular flexibility index (Phi) is 4.43. The Morgan fingerprint density at radius 3 is 2.58 bits per heavy atom. The Morgan fingerprint density at radius 2 is 1.92 bits per heavy atom. The van der Waals surface area contributed by atoms with Crippen molar-refractivity contribution in [3.05, 3.63) is 62.1 Å². The minimum atomic E-state index is -0.556. The minimum absolute atomic E-state index is 0.00733. The third kappa shape index (κ3) is 3.35. The summed E-state index contributed by atoms with van der Waals surface area (Å²) in [5, 5.41) is 14.9. The van der Waals surface area contributed by atoms with Crippen LogP contribution < -0.4 is 14.9 Å². The summed E-state index contributed by atoms with van der Waals surface area (Å²) in [6.07, 6.45) is 1.19. The molecule has 0 saturated carbocycles. The summed E-state index contributed by atoms with van der Waals surface area (Å²) in [5.41, 5.74) is 2.73. The van der Waals surface area contributed by atoms with Crippen molar-refractivity contribution in [1.82, 2.24) is 5.43 Å². The molecule has 0 saturated heterocycles. The lowest BCUT2D eigenvalue weighted by Gasteiger charge is -2.02. The Bertz CT molecular complexity index is 836. The molecule has 2 aromatic carbocycles. The van der Waals surface area contributed by atoms with Gasteiger partial charge in [-0.1, -0.05) is 15.9 Å². The maximum atomic E-state index is 11.9. The maximum absolute atomic E-state index is 11.9. The Hall–Kier alpha value is -2.94. The van der Waals surface area contributed by atoms with Gasteiger partial charge < -0.3 is 9.47 Å². The average Bonchev–Trinajstić information content (AvgIpc) is 3.01. The highest BCUT2D eigenvalue weighted by molar-refractivity contribution is 9.10. The normalized spacial score (nSPS) is 12.4. The van der Waals surface area contributed by atoms with E-state index in [9.17, 15) is 14.9 Å². The number of hydrazone groups is 1. The topological polar surface area (TPSA) is 103 Å². The molecule has 9 heteroatoms. The van der Waals surface area contributed by atoms with Gasteiger partial charge >= 0.3 is 0 Å². The van der Waals surface area contributed by atoms with Gasteiger partial charge in [-0.2, -0.15) is 5.10 Å². The number of benzene rings is 2. The molecular weight excluding hydrogens is 382 g/mol. The zero-order chi connectivity index (χ0) is 17.1. The molecule has 2 aromatic rings. The van der Waals surface area contributed by atoms with E-state index in [0.29, 0.717) is 17.1 Å². The zero-order valence-electron chi connectivity index (χ0n) is 12.1. The van der Waals surface area contributed by atoms with E-state index in [1.807, 2.05) is 0 Å². The van der Waals surface area contributed by atoms with E-state index in [2.05, 4.69) is 26.5 Å². The van der Waals surface area contributed by atoms with Gasteiger partial charge in [0.2, 0.25) is 6.79 Å². The third-order valence-electron chi connectivity index (χ3n) is 3.19. The maximum Gasteiger partial charge on any atom is 0.282 e. The van der Waals surface area contributed by atoms with Gasteiger partial charge in [-0.15, -0.1) is 0 Å². The van der Waals surface area contributed by atoms with Crippen LogP contribution in [0.15, 0.2) is 46.0 Å².